The van der Waals surface area contributed by atoms with E-state index >= 15 is 0 Å². The van der Waals surface area contributed by atoms with Gasteiger partial charge in [0.1, 0.15) is 6.04 Å². The van der Waals surface area contributed by atoms with E-state index in [4.69, 9.17) is 15.9 Å². The summed E-state index contributed by atoms with van der Waals surface area (Å²) >= 11 is 0. The maximum absolute atomic E-state index is 10.5. The fraction of sp³-hybridized carbons (Fsp3) is 0.222. The highest BCUT2D eigenvalue weighted by atomic mass is 16.6. The zero-order valence-electron chi connectivity index (χ0n) is 8.66. The molecule has 0 aromatic heterocycles. The smallest absolute Gasteiger partial charge is 0.320 e. The number of aliphatic carboxylic acids is 1. The van der Waals surface area contributed by atoms with E-state index in [2.05, 4.69) is 0 Å². The number of nitro groups is 1. The van der Waals surface area contributed by atoms with Gasteiger partial charge < -0.3 is 21.4 Å². The van der Waals surface area contributed by atoms with Crippen LogP contribution < -0.4 is 5.73 Å². The summed E-state index contributed by atoms with van der Waals surface area (Å²) in [6.45, 7) is 0. The summed E-state index contributed by atoms with van der Waals surface area (Å²) in [5.41, 5.74) is 5.21. The molecule has 0 aliphatic carbocycles. The van der Waals surface area contributed by atoms with Crippen molar-refractivity contribution in [3.8, 4) is 5.75 Å². The first-order valence-corrected chi connectivity index (χ1v) is 4.36. The molecular formula is C9H12N2O6. The summed E-state index contributed by atoms with van der Waals surface area (Å²) in [5, 5.41) is 28.2. The number of benzene rings is 1. The Morgan fingerprint density at radius 2 is 2.12 bits per heavy atom. The first kappa shape index (κ1) is 14.8. The van der Waals surface area contributed by atoms with Gasteiger partial charge in [0.05, 0.1) is 4.92 Å². The lowest BCUT2D eigenvalue weighted by molar-refractivity contribution is -0.385. The molecule has 1 aromatic carbocycles. The van der Waals surface area contributed by atoms with Crippen LogP contribution in [0.4, 0.5) is 5.69 Å². The zero-order valence-corrected chi connectivity index (χ0v) is 8.66. The Bertz CT molecular complexity index is 433. The number of nitrogens with two attached hydrogens (primary N) is 1. The predicted octanol–water partition coefficient (Wildman–Crippen LogP) is -0.570. The Morgan fingerprint density at radius 3 is 2.59 bits per heavy atom. The van der Waals surface area contributed by atoms with Crippen molar-refractivity contribution in [3.63, 3.8) is 0 Å². The number of carbonyl (C=O) groups is 1. The van der Waals surface area contributed by atoms with Crippen LogP contribution in [0.5, 0.6) is 5.75 Å². The molecule has 0 unspecified atom stereocenters. The van der Waals surface area contributed by atoms with Gasteiger partial charge in [0.25, 0.3) is 0 Å². The number of carboxylic acids is 1. The summed E-state index contributed by atoms with van der Waals surface area (Å²) in [4.78, 5) is 20.2. The molecule has 0 saturated carbocycles. The SMILES string of the molecule is N[C@@H](Cc1ccc(O)c([N+](=O)[O-])c1)C(=O)O.O. The predicted molar refractivity (Wildman–Crippen MR) is 57.7 cm³/mol. The second-order valence-corrected chi connectivity index (χ2v) is 3.23. The molecular weight excluding hydrogens is 232 g/mol. The molecule has 0 heterocycles. The van der Waals surface area contributed by atoms with Crippen molar-refractivity contribution in [1.82, 2.24) is 0 Å². The van der Waals surface area contributed by atoms with Gasteiger partial charge in [0, 0.05) is 6.07 Å². The maximum Gasteiger partial charge on any atom is 0.320 e. The van der Waals surface area contributed by atoms with Crippen molar-refractivity contribution in [1.29, 1.82) is 0 Å². The Kier molecular flexibility index (Phi) is 5.03. The molecule has 0 radical (unpaired) electrons. The van der Waals surface area contributed by atoms with Crippen molar-refractivity contribution >= 4 is 11.7 Å². The Labute approximate surface area is 95.7 Å². The molecule has 0 spiro atoms. The molecule has 8 nitrogen and oxygen atoms in total. The van der Waals surface area contributed by atoms with Gasteiger partial charge in [-0.15, -0.1) is 0 Å². The topological polar surface area (TPSA) is 158 Å². The third-order valence-corrected chi connectivity index (χ3v) is 2.01. The number of carboxylic acid groups (broad SMARTS) is 1. The minimum Gasteiger partial charge on any atom is -0.502 e. The van der Waals surface area contributed by atoms with Crippen LogP contribution in [0.2, 0.25) is 0 Å². The van der Waals surface area contributed by atoms with Gasteiger partial charge in [-0.1, -0.05) is 6.07 Å². The van der Waals surface area contributed by atoms with E-state index in [0.29, 0.717) is 5.56 Å². The average molecular weight is 244 g/mol. The quantitative estimate of drug-likeness (QED) is 0.475. The molecule has 0 fully saturated rings. The largest absolute Gasteiger partial charge is 0.502 e. The van der Waals surface area contributed by atoms with E-state index in [1.165, 1.54) is 6.07 Å². The lowest BCUT2D eigenvalue weighted by Gasteiger charge is -2.06. The summed E-state index contributed by atoms with van der Waals surface area (Å²) in [5.74, 6) is -1.65. The number of phenols is 1. The molecule has 8 heteroatoms. The van der Waals surface area contributed by atoms with Gasteiger partial charge in [-0.3, -0.25) is 14.9 Å². The number of nitro benzene ring substituents is 1. The molecule has 0 bridgehead atoms. The van der Waals surface area contributed by atoms with Gasteiger partial charge in [0.2, 0.25) is 0 Å². The Hall–Kier alpha value is -2.19. The van der Waals surface area contributed by atoms with E-state index in [0.717, 1.165) is 12.1 Å². The standard InChI is InChI=1S/C9H10N2O5.H2O/c10-6(9(13)14)3-5-1-2-8(12)7(4-5)11(15)16;/h1-2,4,6,12H,3,10H2,(H,13,14);1H2/t6-;/m0./s1. The fourth-order valence-corrected chi connectivity index (χ4v) is 1.18. The molecule has 0 amide bonds. The minimum atomic E-state index is -1.18. The highest BCUT2D eigenvalue weighted by Crippen LogP contribution is 2.26. The number of phenolic OH excluding ortho intramolecular Hbond substituents is 1. The average Bonchev–Trinajstić information content (AvgIpc) is 2.20. The fourth-order valence-electron chi connectivity index (χ4n) is 1.18. The first-order valence-electron chi connectivity index (χ1n) is 4.36. The number of hydrogen-bond donors (Lipinski definition) is 3. The molecule has 1 atom stereocenters. The van der Waals surface area contributed by atoms with Gasteiger partial charge in [0.15, 0.2) is 5.75 Å². The van der Waals surface area contributed by atoms with Crippen molar-refractivity contribution in [2.24, 2.45) is 5.73 Å². The number of hydrogen-bond acceptors (Lipinski definition) is 5. The van der Waals surface area contributed by atoms with Gasteiger partial charge in [-0.05, 0) is 18.1 Å². The van der Waals surface area contributed by atoms with Crippen LogP contribution in [-0.4, -0.2) is 32.6 Å². The van der Waals surface area contributed by atoms with Crippen LogP contribution in [0, 0.1) is 10.1 Å². The maximum atomic E-state index is 10.5. The Balaban J connectivity index is 0.00000256. The highest BCUT2D eigenvalue weighted by Gasteiger charge is 2.17. The van der Waals surface area contributed by atoms with Crippen molar-refractivity contribution in [2.75, 3.05) is 0 Å². The number of aromatic hydroxyl groups is 1. The molecule has 1 aromatic rings. The first-order chi connectivity index (χ1) is 7.41. The van der Waals surface area contributed by atoms with Crippen molar-refractivity contribution < 1.29 is 25.4 Å². The van der Waals surface area contributed by atoms with Crippen LogP contribution >= 0.6 is 0 Å². The lowest BCUT2D eigenvalue weighted by atomic mass is 10.1. The summed E-state index contributed by atoms with van der Waals surface area (Å²) in [6.07, 6.45) is -0.0313. The second-order valence-electron chi connectivity index (χ2n) is 3.23. The number of nitrogens with zero attached hydrogens (tertiary/aromatic N) is 1. The lowest BCUT2D eigenvalue weighted by Crippen LogP contribution is -2.32. The minimum absolute atomic E-state index is 0. The van der Waals surface area contributed by atoms with E-state index in [1.807, 2.05) is 0 Å². The Morgan fingerprint density at radius 1 is 1.53 bits per heavy atom. The van der Waals surface area contributed by atoms with E-state index in [9.17, 15) is 14.9 Å². The van der Waals surface area contributed by atoms with Crippen LogP contribution in [0.15, 0.2) is 18.2 Å². The molecule has 0 aliphatic rings. The van der Waals surface area contributed by atoms with Crippen LogP contribution in [0.3, 0.4) is 0 Å². The van der Waals surface area contributed by atoms with E-state index in [1.54, 1.807) is 0 Å². The van der Waals surface area contributed by atoms with Crippen molar-refractivity contribution in [2.45, 2.75) is 12.5 Å². The summed E-state index contributed by atoms with van der Waals surface area (Å²) in [6, 6.07) is 2.52. The van der Waals surface area contributed by atoms with Crippen molar-refractivity contribution in [3.05, 3.63) is 33.9 Å². The third-order valence-electron chi connectivity index (χ3n) is 2.01. The second kappa shape index (κ2) is 5.77. The summed E-state index contributed by atoms with van der Waals surface area (Å²) in [7, 11) is 0. The highest BCUT2D eigenvalue weighted by molar-refractivity contribution is 5.73. The van der Waals surface area contributed by atoms with E-state index in [-0.39, 0.29) is 11.9 Å². The molecule has 1 rings (SSSR count). The van der Waals surface area contributed by atoms with Gasteiger partial charge >= 0.3 is 11.7 Å². The number of rotatable bonds is 4. The molecule has 94 valence electrons. The zero-order chi connectivity index (χ0) is 12.3. The molecule has 6 N–H and O–H groups in total. The van der Waals surface area contributed by atoms with E-state index < -0.39 is 28.4 Å². The van der Waals surface area contributed by atoms with Crippen LogP contribution in [-0.2, 0) is 11.2 Å². The van der Waals surface area contributed by atoms with Crippen LogP contribution in [0.25, 0.3) is 0 Å². The molecule has 17 heavy (non-hydrogen) atoms. The third kappa shape index (κ3) is 3.70. The molecule has 0 aliphatic heterocycles. The van der Waals surface area contributed by atoms with Crippen LogP contribution in [0.1, 0.15) is 5.56 Å². The van der Waals surface area contributed by atoms with Gasteiger partial charge in [-0.25, -0.2) is 0 Å². The molecule has 0 saturated heterocycles. The summed E-state index contributed by atoms with van der Waals surface area (Å²) < 4.78 is 0. The normalized spacial score (nSPS) is 11.4. The monoisotopic (exact) mass is 244 g/mol. The van der Waals surface area contributed by atoms with Gasteiger partial charge in [-0.2, -0.15) is 0 Å².